The fraction of sp³-hybridized carbons (Fsp3) is 0.632. The van der Waals surface area contributed by atoms with Gasteiger partial charge in [0.2, 0.25) is 0 Å². The Labute approximate surface area is 324 Å². The van der Waals surface area contributed by atoms with Gasteiger partial charge in [-0.15, -0.1) is 0 Å². The van der Waals surface area contributed by atoms with Gasteiger partial charge < -0.3 is 26.6 Å². The number of urea groups is 2. The summed E-state index contributed by atoms with van der Waals surface area (Å²) in [6.07, 6.45) is 9.63. The normalized spacial score (nSPS) is 10.9. The fourth-order valence-corrected chi connectivity index (χ4v) is 6.15. The third kappa shape index (κ3) is 15.6. The molecule has 0 atom stereocenters. The van der Waals surface area contributed by atoms with Crippen LogP contribution in [0.1, 0.15) is 111 Å². The molecule has 0 aliphatic carbocycles. The lowest BCUT2D eigenvalue weighted by molar-refractivity contribution is 0.184. The number of hydrogen-bond acceptors (Lipinski definition) is 8. The Morgan fingerprint density at radius 1 is 0.436 bits per heavy atom. The summed E-state index contributed by atoms with van der Waals surface area (Å²) in [7, 11) is 0. The van der Waals surface area contributed by atoms with Crippen molar-refractivity contribution in [3.63, 3.8) is 0 Å². The number of unbranched alkanes of at least 4 members (excludes halogenated alkanes) is 9. The van der Waals surface area contributed by atoms with E-state index in [0.717, 1.165) is 105 Å². The summed E-state index contributed by atoms with van der Waals surface area (Å²) >= 11 is 0. The number of amides is 7. The Kier molecular flexibility index (Phi) is 18.9. The van der Waals surface area contributed by atoms with Crippen LogP contribution in [0.25, 0.3) is 0 Å². The van der Waals surface area contributed by atoms with Crippen LogP contribution < -0.4 is 26.6 Å². The van der Waals surface area contributed by atoms with E-state index < -0.39 is 12.1 Å². The second-order valence-corrected chi connectivity index (χ2v) is 14.1. The lowest BCUT2D eigenvalue weighted by Crippen LogP contribution is -2.49. The fourth-order valence-electron chi connectivity index (χ4n) is 6.15. The Hall–Kier alpha value is -5.22. The zero-order valence-corrected chi connectivity index (χ0v) is 33.6. The molecule has 0 saturated carbocycles. The molecule has 0 unspecified atom stereocenters. The second kappa shape index (κ2) is 23.5. The van der Waals surface area contributed by atoms with Gasteiger partial charge in [-0.25, -0.2) is 28.9 Å². The second-order valence-electron chi connectivity index (χ2n) is 14.1. The van der Waals surface area contributed by atoms with Crippen LogP contribution in [0.4, 0.5) is 24.0 Å². The average molecular weight is 767 g/mol. The number of imide groups is 1. The van der Waals surface area contributed by atoms with Crippen LogP contribution in [-0.4, -0.2) is 104 Å². The molecule has 0 spiro atoms. The van der Waals surface area contributed by atoms with Gasteiger partial charge in [0.15, 0.2) is 0 Å². The van der Waals surface area contributed by atoms with E-state index in [1.54, 1.807) is 0 Å². The van der Waals surface area contributed by atoms with Crippen LogP contribution in [-0.2, 0) is 0 Å². The molecule has 0 fully saturated rings. The largest absolute Gasteiger partial charge is 0.342 e. The van der Waals surface area contributed by atoms with Crippen molar-refractivity contribution in [2.75, 3.05) is 39.3 Å². The zero-order valence-electron chi connectivity index (χ0n) is 33.6. The van der Waals surface area contributed by atoms with E-state index in [1.165, 1.54) is 18.9 Å². The summed E-state index contributed by atoms with van der Waals surface area (Å²) in [4.78, 5) is 64.6. The molecule has 55 heavy (non-hydrogen) atoms. The molecule has 3 heterocycles. The summed E-state index contributed by atoms with van der Waals surface area (Å²) in [6.45, 7) is 13.8. The third-order valence-electron chi connectivity index (χ3n) is 8.99. The molecule has 3 aromatic rings. The van der Waals surface area contributed by atoms with Gasteiger partial charge >= 0.3 is 30.2 Å². The minimum absolute atomic E-state index is 0.240. The number of rotatable bonds is 21. The third-order valence-corrected chi connectivity index (χ3v) is 8.99. The standard InChI is InChI=1S/C38H62N12O5/c1-28-25-31(4)48(44-28)36(53)41-21-15-9-7-13-19-39-34(51)47(24-18-12-11-17-23-43-38(55)50-33(6)27-30(3)46-50)35(52)40-20-14-8-10-16-22-42-37(54)49-32(5)26-29(2)45-49/h25-27H,7-24H2,1-6H3,(H,39,51)(H,40,52)(H,41,53)(H,42,54)(H,43,55). The molecule has 17 nitrogen and oxygen atoms in total. The average Bonchev–Trinajstić information content (AvgIpc) is 3.79. The van der Waals surface area contributed by atoms with Crippen molar-refractivity contribution in [1.82, 2.24) is 60.8 Å². The summed E-state index contributed by atoms with van der Waals surface area (Å²) in [5.41, 5.74) is 4.73. The van der Waals surface area contributed by atoms with Crippen molar-refractivity contribution in [2.24, 2.45) is 0 Å². The van der Waals surface area contributed by atoms with Crippen LogP contribution >= 0.6 is 0 Å². The Morgan fingerprint density at radius 2 is 0.709 bits per heavy atom. The maximum atomic E-state index is 13.2. The minimum atomic E-state index is -0.426. The summed E-state index contributed by atoms with van der Waals surface area (Å²) in [5.74, 6) is 0. The monoisotopic (exact) mass is 766 g/mol. The Balaban J connectivity index is 1.33. The van der Waals surface area contributed by atoms with Crippen LogP contribution in [0.2, 0.25) is 0 Å². The lowest BCUT2D eigenvalue weighted by Gasteiger charge is -2.22. The maximum absolute atomic E-state index is 13.2. The predicted molar refractivity (Wildman–Crippen MR) is 210 cm³/mol. The molecule has 7 amide bonds. The SMILES string of the molecule is Cc1cc(C)n(C(=O)NCCCCCCNC(=O)N(CCCCCCNC(=O)n2nc(C)cc2C)C(=O)NCCCCCCNC(=O)n2nc(C)cc2C)n1. The summed E-state index contributed by atoms with van der Waals surface area (Å²) in [6, 6.07) is 3.97. The first-order chi connectivity index (χ1) is 26.4. The van der Waals surface area contributed by atoms with Crippen molar-refractivity contribution in [1.29, 1.82) is 0 Å². The molecule has 304 valence electrons. The van der Waals surface area contributed by atoms with Gasteiger partial charge in [0, 0.05) is 56.4 Å². The van der Waals surface area contributed by atoms with E-state index in [2.05, 4.69) is 41.9 Å². The first-order valence-electron chi connectivity index (χ1n) is 19.6. The molecule has 0 aliphatic rings. The molecule has 0 saturated heterocycles. The maximum Gasteiger partial charge on any atom is 0.342 e. The minimum Gasteiger partial charge on any atom is -0.338 e. The molecule has 0 radical (unpaired) electrons. The number of carbonyl (C=O) groups is 5. The molecule has 0 aliphatic heterocycles. The van der Waals surface area contributed by atoms with Crippen molar-refractivity contribution >= 4 is 30.2 Å². The quantitative estimate of drug-likeness (QED) is 0.0862. The summed E-state index contributed by atoms with van der Waals surface area (Å²) < 4.78 is 4.10. The zero-order chi connectivity index (χ0) is 40.2. The van der Waals surface area contributed by atoms with E-state index in [9.17, 15) is 24.0 Å². The van der Waals surface area contributed by atoms with Crippen molar-refractivity contribution in [2.45, 2.75) is 119 Å². The molecule has 5 N–H and O–H groups in total. The van der Waals surface area contributed by atoms with Gasteiger partial charge in [-0.3, -0.25) is 0 Å². The van der Waals surface area contributed by atoms with E-state index in [0.29, 0.717) is 39.1 Å². The van der Waals surface area contributed by atoms with Crippen LogP contribution in [0.15, 0.2) is 18.2 Å². The molecule has 0 bridgehead atoms. The van der Waals surface area contributed by atoms with E-state index in [1.807, 2.05) is 59.7 Å². The lowest BCUT2D eigenvalue weighted by atomic mass is 10.2. The Bertz CT molecular complexity index is 1610. The van der Waals surface area contributed by atoms with E-state index in [4.69, 9.17) is 0 Å². The number of nitrogens with zero attached hydrogens (tertiary/aromatic N) is 7. The van der Waals surface area contributed by atoms with Gasteiger partial charge in [0.25, 0.3) is 0 Å². The van der Waals surface area contributed by atoms with E-state index >= 15 is 0 Å². The molecule has 0 aromatic carbocycles. The number of aryl methyl sites for hydroxylation is 6. The molecule has 3 rings (SSSR count). The molecule has 17 heteroatoms. The summed E-state index contributed by atoms with van der Waals surface area (Å²) in [5, 5.41) is 27.1. The molecular weight excluding hydrogens is 704 g/mol. The van der Waals surface area contributed by atoms with Gasteiger partial charge in [-0.1, -0.05) is 38.5 Å². The number of hydrogen-bond donors (Lipinski definition) is 5. The van der Waals surface area contributed by atoms with Crippen LogP contribution in [0.3, 0.4) is 0 Å². The van der Waals surface area contributed by atoms with Gasteiger partial charge in [-0.2, -0.15) is 29.3 Å². The van der Waals surface area contributed by atoms with Crippen molar-refractivity contribution in [3.05, 3.63) is 52.4 Å². The van der Waals surface area contributed by atoms with Gasteiger partial charge in [-0.05, 0) is 98.3 Å². The molecular formula is C38H62N12O5. The molecule has 3 aromatic heterocycles. The highest BCUT2D eigenvalue weighted by atomic mass is 16.2. The number of nitrogens with one attached hydrogen (secondary N) is 5. The smallest absolute Gasteiger partial charge is 0.338 e. The number of aromatic nitrogens is 6. The number of carbonyl (C=O) groups excluding carboxylic acids is 5. The van der Waals surface area contributed by atoms with Crippen LogP contribution in [0, 0.1) is 41.5 Å². The van der Waals surface area contributed by atoms with E-state index in [-0.39, 0.29) is 24.6 Å². The Morgan fingerprint density at radius 3 is 0.982 bits per heavy atom. The van der Waals surface area contributed by atoms with Crippen LogP contribution in [0.5, 0.6) is 0 Å². The highest BCUT2D eigenvalue weighted by molar-refractivity contribution is 5.93. The van der Waals surface area contributed by atoms with Gasteiger partial charge in [0.1, 0.15) is 0 Å². The first-order valence-corrected chi connectivity index (χ1v) is 19.6. The first kappa shape index (κ1) is 44.2. The predicted octanol–water partition coefficient (Wildman–Crippen LogP) is 5.60. The van der Waals surface area contributed by atoms with Crippen molar-refractivity contribution in [3.8, 4) is 0 Å². The topological polar surface area (TPSA) is 202 Å². The van der Waals surface area contributed by atoms with Crippen molar-refractivity contribution < 1.29 is 24.0 Å². The van der Waals surface area contributed by atoms with Gasteiger partial charge in [0.05, 0.1) is 17.1 Å². The highest BCUT2D eigenvalue weighted by Crippen LogP contribution is 2.07. The highest BCUT2D eigenvalue weighted by Gasteiger charge is 2.20.